The summed E-state index contributed by atoms with van der Waals surface area (Å²) in [4.78, 5) is 27.3. The predicted molar refractivity (Wildman–Crippen MR) is 112 cm³/mol. The van der Waals surface area contributed by atoms with E-state index in [9.17, 15) is 14.0 Å². The molecular weight excluding hydrogens is 395 g/mol. The third kappa shape index (κ3) is 4.37. The predicted octanol–water partition coefficient (Wildman–Crippen LogP) is 5.14. The molecule has 3 rings (SSSR count). The number of amides is 2. The van der Waals surface area contributed by atoms with Crippen molar-refractivity contribution in [1.29, 1.82) is 0 Å². The number of ether oxygens (including phenoxy) is 1. The molecule has 2 aromatic rings. The summed E-state index contributed by atoms with van der Waals surface area (Å²) < 4.78 is 19.9. The first-order valence-electron chi connectivity index (χ1n) is 9.44. The van der Waals surface area contributed by atoms with Crippen molar-refractivity contribution >= 4 is 34.8 Å². The number of anilines is 2. The Morgan fingerprint density at radius 1 is 1.31 bits per heavy atom. The van der Waals surface area contributed by atoms with Gasteiger partial charge in [0, 0.05) is 18.3 Å². The molecule has 1 aliphatic rings. The Morgan fingerprint density at radius 3 is 2.69 bits per heavy atom. The van der Waals surface area contributed by atoms with Gasteiger partial charge in [0.15, 0.2) is 0 Å². The molecule has 1 N–H and O–H groups in total. The average molecular weight is 419 g/mol. The van der Waals surface area contributed by atoms with Crippen LogP contribution in [0.15, 0.2) is 36.4 Å². The van der Waals surface area contributed by atoms with Crippen LogP contribution in [0.5, 0.6) is 5.75 Å². The Kier molecular flexibility index (Phi) is 5.85. The van der Waals surface area contributed by atoms with Gasteiger partial charge in [0.25, 0.3) is 5.91 Å². The Balaban J connectivity index is 1.93. The summed E-state index contributed by atoms with van der Waals surface area (Å²) in [6.07, 6.45) is 0. The van der Waals surface area contributed by atoms with E-state index in [4.69, 9.17) is 16.3 Å². The molecule has 29 heavy (non-hydrogen) atoms. The number of rotatable bonds is 4. The molecule has 154 valence electrons. The van der Waals surface area contributed by atoms with Crippen molar-refractivity contribution in [3.8, 4) is 5.75 Å². The molecular formula is C22H24ClFN2O3. The van der Waals surface area contributed by atoms with Crippen LogP contribution in [0.3, 0.4) is 0 Å². The van der Waals surface area contributed by atoms with Crippen molar-refractivity contribution in [2.45, 2.75) is 27.7 Å². The van der Waals surface area contributed by atoms with Crippen molar-refractivity contribution in [2.24, 2.45) is 11.3 Å². The van der Waals surface area contributed by atoms with Gasteiger partial charge in [-0.2, -0.15) is 0 Å². The molecule has 0 unspecified atom stereocenters. The van der Waals surface area contributed by atoms with Gasteiger partial charge in [0.05, 0.1) is 21.7 Å². The van der Waals surface area contributed by atoms with Crippen molar-refractivity contribution in [3.63, 3.8) is 0 Å². The van der Waals surface area contributed by atoms with Crippen LogP contribution in [-0.2, 0) is 4.79 Å². The average Bonchev–Trinajstić information content (AvgIpc) is 2.72. The standard InChI is InChI=1S/C22H24ClFN2O3/c1-13(2)11-26-17-9-8-14(10-18(17)29-12-22(3,4)21(26)28)25-20(27)19-15(23)6-5-7-16(19)24/h5-10,13H,11-12H2,1-4H3,(H,25,27). The van der Waals surface area contributed by atoms with Crippen LogP contribution in [0.25, 0.3) is 0 Å². The Bertz CT molecular complexity index is 939. The van der Waals surface area contributed by atoms with Gasteiger partial charge in [-0.05, 0) is 44.0 Å². The van der Waals surface area contributed by atoms with E-state index in [1.165, 1.54) is 18.2 Å². The molecule has 0 fully saturated rings. The number of carbonyl (C=O) groups is 2. The van der Waals surface area contributed by atoms with E-state index in [-0.39, 0.29) is 29.0 Å². The van der Waals surface area contributed by atoms with Crippen molar-refractivity contribution < 1.29 is 18.7 Å². The number of nitrogens with one attached hydrogen (secondary N) is 1. The second-order valence-electron chi connectivity index (χ2n) is 8.22. The van der Waals surface area contributed by atoms with Crippen molar-refractivity contribution in [2.75, 3.05) is 23.4 Å². The number of hydrogen-bond acceptors (Lipinski definition) is 3. The lowest BCUT2D eigenvalue weighted by atomic mass is 9.92. The van der Waals surface area contributed by atoms with Gasteiger partial charge in [0.1, 0.15) is 18.2 Å². The van der Waals surface area contributed by atoms with Gasteiger partial charge in [0.2, 0.25) is 5.91 Å². The van der Waals surface area contributed by atoms with Crippen LogP contribution in [0, 0.1) is 17.2 Å². The van der Waals surface area contributed by atoms with Gasteiger partial charge in [-0.3, -0.25) is 9.59 Å². The fraction of sp³-hybridized carbons (Fsp3) is 0.364. The van der Waals surface area contributed by atoms with Gasteiger partial charge in [-0.1, -0.05) is 31.5 Å². The third-order valence-electron chi connectivity index (χ3n) is 4.66. The normalized spacial score (nSPS) is 15.6. The zero-order valence-corrected chi connectivity index (χ0v) is 17.6. The molecule has 0 saturated carbocycles. The van der Waals surface area contributed by atoms with E-state index < -0.39 is 17.1 Å². The second kappa shape index (κ2) is 8.03. The Morgan fingerprint density at radius 2 is 2.03 bits per heavy atom. The summed E-state index contributed by atoms with van der Waals surface area (Å²) in [5, 5.41) is 2.68. The van der Waals surface area contributed by atoms with Gasteiger partial charge in [-0.15, -0.1) is 0 Å². The number of fused-ring (bicyclic) bond motifs is 1. The molecule has 2 amide bonds. The van der Waals surface area contributed by atoms with E-state index >= 15 is 0 Å². The molecule has 0 spiro atoms. The van der Waals surface area contributed by atoms with E-state index in [1.807, 2.05) is 27.7 Å². The highest BCUT2D eigenvalue weighted by Gasteiger charge is 2.38. The minimum Gasteiger partial charge on any atom is -0.490 e. The first-order chi connectivity index (χ1) is 13.6. The van der Waals surface area contributed by atoms with Crippen LogP contribution in [0.4, 0.5) is 15.8 Å². The highest BCUT2D eigenvalue weighted by atomic mass is 35.5. The van der Waals surface area contributed by atoms with Gasteiger partial charge in [-0.25, -0.2) is 4.39 Å². The molecule has 7 heteroatoms. The summed E-state index contributed by atoms with van der Waals surface area (Å²) in [6.45, 7) is 8.53. The first-order valence-corrected chi connectivity index (χ1v) is 9.82. The van der Waals surface area contributed by atoms with Crippen LogP contribution >= 0.6 is 11.6 Å². The lowest BCUT2D eigenvalue weighted by Gasteiger charge is -2.29. The number of nitrogens with zero attached hydrogens (tertiary/aromatic N) is 1. The molecule has 0 radical (unpaired) electrons. The van der Waals surface area contributed by atoms with Crippen molar-refractivity contribution in [1.82, 2.24) is 0 Å². The maximum absolute atomic E-state index is 14.0. The first kappa shape index (κ1) is 21.1. The van der Waals surface area contributed by atoms with E-state index in [0.717, 1.165) is 0 Å². The fourth-order valence-corrected chi connectivity index (χ4v) is 3.43. The monoisotopic (exact) mass is 418 g/mol. The minimum absolute atomic E-state index is 0.0140. The summed E-state index contributed by atoms with van der Waals surface area (Å²) in [5.41, 5.74) is 0.168. The number of hydrogen-bond donors (Lipinski definition) is 1. The van der Waals surface area contributed by atoms with Crippen LogP contribution in [0.2, 0.25) is 5.02 Å². The molecule has 0 atom stereocenters. The lowest BCUT2D eigenvalue weighted by molar-refractivity contribution is -0.127. The SMILES string of the molecule is CC(C)CN1C(=O)C(C)(C)COc2cc(NC(=O)c3c(F)cccc3Cl)ccc21. The number of benzene rings is 2. The van der Waals surface area contributed by atoms with E-state index in [1.54, 1.807) is 23.1 Å². The lowest BCUT2D eigenvalue weighted by Crippen LogP contribution is -2.43. The highest BCUT2D eigenvalue weighted by Crippen LogP contribution is 2.38. The topological polar surface area (TPSA) is 58.6 Å². The van der Waals surface area contributed by atoms with Gasteiger partial charge >= 0.3 is 0 Å². The minimum atomic E-state index is -0.698. The smallest absolute Gasteiger partial charge is 0.260 e. The number of halogens is 2. The van der Waals surface area contributed by atoms with Crippen molar-refractivity contribution in [3.05, 3.63) is 52.8 Å². The highest BCUT2D eigenvalue weighted by molar-refractivity contribution is 6.34. The summed E-state index contributed by atoms with van der Waals surface area (Å²) in [6, 6.07) is 9.11. The zero-order chi connectivity index (χ0) is 21.3. The fourth-order valence-electron chi connectivity index (χ4n) is 3.18. The Hall–Kier alpha value is -2.60. The number of carbonyl (C=O) groups excluding carboxylic acids is 2. The maximum atomic E-state index is 14.0. The largest absolute Gasteiger partial charge is 0.490 e. The molecule has 0 aromatic heterocycles. The maximum Gasteiger partial charge on any atom is 0.260 e. The second-order valence-corrected chi connectivity index (χ2v) is 8.62. The van der Waals surface area contributed by atoms with Crippen LogP contribution < -0.4 is 15.0 Å². The van der Waals surface area contributed by atoms with E-state index in [0.29, 0.717) is 23.7 Å². The van der Waals surface area contributed by atoms with Gasteiger partial charge < -0.3 is 15.0 Å². The summed E-state index contributed by atoms with van der Waals surface area (Å²) in [5.74, 6) is -0.612. The molecule has 1 heterocycles. The molecule has 1 aliphatic heterocycles. The molecule has 0 aliphatic carbocycles. The Labute approximate surface area is 174 Å². The third-order valence-corrected chi connectivity index (χ3v) is 4.97. The van der Waals surface area contributed by atoms with Crippen LogP contribution in [0.1, 0.15) is 38.1 Å². The quantitative estimate of drug-likeness (QED) is 0.747. The van der Waals surface area contributed by atoms with E-state index in [2.05, 4.69) is 5.32 Å². The zero-order valence-electron chi connectivity index (χ0n) is 16.9. The molecule has 2 aromatic carbocycles. The molecule has 0 saturated heterocycles. The summed E-state index contributed by atoms with van der Waals surface area (Å²) >= 11 is 5.97. The van der Waals surface area contributed by atoms with Crippen LogP contribution in [-0.4, -0.2) is 25.0 Å². The molecule has 5 nitrogen and oxygen atoms in total. The molecule has 0 bridgehead atoms. The summed E-state index contributed by atoms with van der Waals surface area (Å²) in [7, 11) is 0.